The standard InChI is InChI=1S/C25H33NO4S/c1-5-8-19(24(7-3)31-13-6-2)14-23(30-12-11-27)22-15-21(10-9-18(22)4)26-25(28)20-16-29-17-20/h6-10,13-15,20,27H,5,11-12,16-17H2,1-4H3,(H,26,28)/b13-6-,19-8-,23-14+,24-7-. The van der Waals surface area contributed by atoms with Crippen LogP contribution in [0.4, 0.5) is 5.69 Å². The molecule has 1 fully saturated rings. The maximum atomic E-state index is 12.3. The Hall–Kier alpha value is -2.28. The fourth-order valence-corrected chi connectivity index (χ4v) is 3.68. The lowest BCUT2D eigenvalue weighted by Crippen LogP contribution is -2.38. The van der Waals surface area contributed by atoms with E-state index in [1.54, 1.807) is 11.8 Å². The molecule has 168 valence electrons. The van der Waals surface area contributed by atoms with Crippen LogP contribution in [0.2, 0.25) is 0 Å². The summed E-state index contributed by atoms with van der Waals surface area (Å²) in [6.07, 6.45) is 9.14. The average Bonchev–Trinajstić information content (AvgIpc) is 2.71. The van der Waals surface area contributed by atoms with Gasteiger partial charge in [-0.3, -0.25) is 4.79 Å². The van der Waals surface area contributed by atoms with Crippen molar-refractivity contribution >= 4 is 29.1 Å². The lowest BCUT2D eigenvalue weighted by atomic mass is 10.0. The van der Waals surface area contributed by atoms with Crippen LogP contribution in [0.3, 0.4) is 0 Å². The quantitative estimate of drug-likeness (QED) is 0.352. The monoisotopic (exact) mass is 443 g/mol. The van der Waals surface area contributed by atoms with Crippen LogP contribution in [0.15, 0.2) is 58.4 Å². The van der Waals surface area contributed by atoms with Crippen molar-refractivity contribution in [2.75, 3.05) is 31.7 Å². The van der Waals surface area contributed by atoms with E-state index < -0.39 is 0 Å². The van der Waals surface area contributed by atoms with Crippen molar-refractivity contribution < 1.29 is 19.4 Å². The molecule has 0 bridgehead atoms. The number of benzene rings is 1. The molecule has 0 aromatic heterocycles. The molecule has 1 aromatic rings. The summed E-state index contributed by atoms with van der Waals surface area (Å²) >= 11 is 1.65. The minimum atomic E-state index is -0.0922. The first-order valence-corrected chi connectivity index (χ1v) is 11.5. The second-order valence-electron chi connectivity index (χ2n) is 7.14. The Morgan fingerprint density at radius 1 is 1.35 bits per heavy atom. The van der Waals surface area contributed by atoms with Crippen molar-refractivity contribution in [1.29, 1.82) is 0 Å². The topological polar surface area (TPSA) is 67.8 Å². The molecule has 31 heavy (non-hydrogen) atoms. The summed E-state index contributed by atoms with van der Waals surface area (Å²) in [5.74, 6) is 0.536. The van der Waals surface area contributed by atoms with Crippen LogP contribution in [0, 0.1) is 12.8 Å². The van der Waals surface area contributed by atoms with Gasteiger partial charge in [0.2, 0.25) is 5.91 Å². The summed E-state index contributed by atoms with van der Waals surface area (Å²) < 4.78 is 11.1. The van der Waals surface area contributed by atoms with Gasteiger partial charge in [0.25, 0.3) is 0 Å². The smallest absolute Gasteiger partial charge is 0.232 e. The van der Waals surface area contributed by atoms with E-state index in [9.17, 15) is 9.90 Å². The Kier molecular flexibility index (Phi) is 10.6. The highest BCUT2D eigenvalue weighted by molar-refractivity contribution is 8.06. The van der Waals surface area contributed by atoms with Crippen LogP contribution in [-0.2, 0) is 14.3 Å². The van der Waals surface area contributed by atoms with Crippen LogP contribution < -0.4 is 5.32 Å². The molecule has 1 aromatic carbocycles. The Bertz CT molecular complexity index is 866. The summed E-state index contributed by atoms with van der Waals surface area (Å²) in [6.45, 7) is 9.16. The van der Waals surface area contributed by atoms with E-state index in [0.717, 1.165) is 28.0 Å². The van der Waals surface area contributed by atoms with Crippen LogP contribution >= 0.6 is 11.8 Å². The number of anilines is 1. The zero-order valence-corrected chi connectivity index (χ0v) is 19.6. The molecule has 1 heterocycles. The number of aliphatic hydroxyl groups is 1. The van der Waals surface area contributed by atoms with Gasteiger partial charge >= 0.3 is 0 Å². The summed E-state index contributed by atoms with van der Waals surface area (Å²) in [4.78, 5) is 13.5. The molecule has 0 saturated carbocycles. The first-order chi connectivity index (χ1) is 15.0. The summed E-state index contributed by atoms with van der Waals surface area (Å²) in [6, 6.07) is 5.78. The summed E-state index contributed by atoms with van der Waals surface area (Å²) in [7, 11) is 0. The van der Waals surface area contributed by atoms with Crippen molar-refractivity contribution in [3.05, 3.63) is 69.5 Å². The molecule has 6 heteroatoms. The number of carbonyl (C=O) groups excluding carboxylic acids is 1. The summed E-state index contributed by atoms with van der Waals surface area (Å²) in [5, 5.41) is 14.4. The Labute approximate surface area is 189 Å². The van der Waals surface area contributed by atoms with Gasteiger partial charge in [0, 0.05) is 16.2 Å². The van der Waals surface area contributed by atoms with Gasteiger partial charge in [0.15, 0.2) is 0 Å². The average molecular weight is 444 g/mol. The van der Waals surface area contributed by atoms with E-state index in [1.165, 1.54) is 0 Å². The molecule has 1 saturated heterocycles. The normalized spacial score (nSPS) is 15.8. The molecule has 0 atom stereocenters. The number of rotatable bonds is 11. The number of hydrogen-bond donors (Lipinski definition) is 2. The lowest BCUT2D eigenvalue weighted by Gasteiger charge is -2.25. The van der Waals surface area contributed by atoms with Gasteiger partial charge in [-0.25, -0.2) is 0 Å². The zero-order chi connectivity index (χ0) is 22.6. The number of allylic oxidation sites excluding steroid dienone is 5. The molecular formula is C25H33NO4S. The zero-order valence-electron chi connectivity index (χ0n) is 18.8. The van der Waals surface area contributed by atoms with Crippen molar-refractivity contribution in [2.45, 2.75) is 34.1 Å². The SMILES string of the molecule is C/C=C\SC(=C\C)/C(=C\CC)/C=C(/OCCO)c1cc(NC(=O)C2COC2)ccc1C. The molecule has 5 nitrogen and oxygen atoms in total. The highest BCUT2D eigenvalue weighted by atomic mass is 32.2. The highest BCUT2D eigenvalue weighted by Gasteiger charge is 2.26. The Balaban J connectivity index is 2.41. The fraction of sp³-hybridized carbons (Fsp3) is 0.400. The number of aliphatic hydroxyl groups excluding tert-OH is 1. The predicted molar refractivity (Wildman–Crippen MR) is 130 cm³/mol. The lowest BCUT2D eigenvalue weighted by molar-refractivity contribution is -0.133. The molecule has 0 radical (unpaired) electrons. The third kappa shape index (κ3) is 7.42. The second-order valence-corrected chi connectivity index (χ2v) is 8.09. The maximum Gasteiger partial charge on any atom is 0.232 e. The molecule has 0 aliphatic carbocycles. The minimum Gasteiger partial charge on any atom is -0.491 e. The van der Waals surface area contributed by atoms with Gasteiger partial charge in [0.1, 0.15) is 12.4 Å². The van der Waals surface area contributed by atoms with Gasteiger partial charge in [-0.1, -0.05) is 43.0 Å². The number of amides is 1. The van der Waals surface area contributed by atoms with E-state index in [-0.39, 0.29) is 25.0 Å². The van der Waals surface area contributed by atoms with Crippen molar-refractivity contribution in [1.82, 2.24) is 0 Å². The number of hydrogen-bond acceptors (Lipinski definition) is 5. The highest BCUT2D eigenvalue weighted by Crippen LogP contribution is 2.31. The first-order valence-electron chi connectivity index (χ1n) is 10.6. The van der Waals surface area contributed by atoms with Crippen LogP contribution in [0.1, 0.15) is 38.3 Å². The fourth-order valence-electron chi connectivity index (χ4n) is 2.99. The number of carbonyl (C=O) groups is 1. The maximum absolute atomic E-state index is 12.3. The minimum absolute atomic E-state index is 0.0339. The molecule has 2 N–H and O–H groups in total. The predicted octanol–water partition coefficient (Wildman–Crippen LogP) is 5.44. The molecule has 1 aliphatic rings. The third-order valence-electron chi connectivity index (χ3n) is 4.72. The molecular weight excluding hydrogens is 410 g/mol. The first kappa shape index (κ1) is 25.0. The van der Waals surface area contributed by atoms with E-state index in [2.05, 4.69) is 24.4 Å². The van der Waals surface area contributed by atoms with Crippen molar-refractivity contribution in [3.8, 4) is 0 Å². The number of nitrogens with one attached hydrogen (secondary N) is 1. The largest absolute Gasteiger partial charge is 0.491 e. The van der Waals surface area contributed by atoms with E-state index in [4.69, 9.17) is 9.47 Å². The number of aryl methyl sites for hydroxylation is 1. The molecule has 0 spiro atoms. The number of ether oxygens (including phenoxy) is 2. The van der Waals surface area contributed by atoms with Gasteiger partial charge in [-0.15, -0.1) is 0 Å². The Morgan fingerprint density at radius 3 is 2.71 bits per heavy atom. The molecule has 1 amide bonds. The van der Waals surface area contributed by atoms with Crippen molar-refractivity contribution in [3.63, 3.8) is 0 Å². The molecule has 0 unspecified atom stereocenters. The van der Waals surface area contributed by atoms with Gasteiger partial charge < -0.3 is 19.9 Å². The van der Waals surface area contributed by atoms with Gasteiger partial charge in [0.05, 0.1) is 25.7 Å². The number of thioether (sulfide) groups is 1. The van der Waals surface area contributed by atoms with Crippen LogP contribution in [-0.4, -0.2) is 37.4 Å². The van der Waals surface area contributed by atoms with Gasteiger partial charge in [-0.2, -0.15) is 0 Å². The molecule has 2 rings (SSSR count). The van der Waals surface area contributed by atoms with E-state index >= 15 is 0 Å². The van der Waals surface area contributed by atoms with E-state index in [1.807, 2.05) is 56.5 Å². The summed E-state index contributed by atoms with van der Waals surface area (Å²) in [5.41, 5.74) is 3.67. The van der Waals surface area contributed by atoms with Crippen LogP contribution in [0.25, 0.3) is 5.76 Å². The van der Waals surface area contributed by atoms with Gasteiger partial charge in [-0.05, 0) is 61.9 Å². The third-order valence-corrected chi connectivity index (χ3v) is 5.85. The Morgan fingerprint density at radius 2 is 2.13 bits per heavy atom. The van der Waals surface area contributed by atoms with E-state index in [0.29, 0.717) is 24.7 Å². The molecule has 1 aliphatic heterocycles. The second kappa shape index (κ2) is 13.2. The van der Waals surface area contributed by atoms with Crippen molar-refractivity contribution in [2.24, 2.45) is 5.92 Å². The van der Waals surface area contributed by atoms with Crippen LogP contribution in [0.5, 0.6) is 0 Å².